The molecule has 1 amide bonds. The molecule has 110 valence electrons. The lowest BCUT2D eigenvalue weighted by atomic mass is 10.1. The summed E-state index contributed by atoms with van der Waals surface area (Å²) in [6.07, 6.45) is 2.80. The van der Waals surface area contributed by atoms with Crippen molar-refractivity contribution in [2.75, 3.05) is 26.1 Å². The number of halogens is 1. The van der Waals surface area contributed by atoms with Gasteiger partial charge in [-0.15, -0.1) is 0 Å². The summed E-state index contributed by atoms with van der Waals surface area (Å²) in [4.78, 5) is 12.0. The van der Waals surface area contributed by atoms with E-state index in [9.17, 15) is 4.79 Å². The Hall–Kier alpha value is -1.62. The molecular weight excluding hydrogens is 280 g/mol. The highest BCUT2D eigenvalue weighted by atomic mass is 35.5. The Kier molecular flexibility index (Phi) is 4.95. The van der Waals surface area contributed by atoms with Crippen LogP contribution in [0.5, 0.6) is 11.5 Å². The zero-order valence-electron chi connectivity index (χ0n) is 11.7. The van der Waals surface area contributed by atoms with Crippen molar-refractivity contribution in [3.05, 3.63) is 17.2 Å². The van der Waals surface area contributed by atoms with Crippen LogP contribution in [0.3, 0.4) is 0 Å². The van der Waals surface area contributed by atoms with E-state index in [-0.39, 0.29) is 11.9 Å². The maximum atomic E-state index is 12.0. The lowest BCUT2D eigenvalue weighted by Crippen LogP contribution is -2.37. The van der Waals surface area contributed by atoms with Crippen LogP contribution in [0.4, 0.5) is 5.69 Å². The topological polar surface area (TPSA) is 59.6 Å². The van der Waals surface area contributed by atoms with Gasteiger partial charge in [0.2, 0.25) is 5.91 Å². The highest BCUT2D eigenvalue weighted by Crippen LogP contribution is 2.36. The largest absolute Gasteiger partial charge is 0.495 e. The Bertz CT molecular complexity index is 494. The van der Waals surface area contributed by atoms with Crippen LogP contribution in [-0.4, -0.2) is 32.7 Å². The SMILES string of the molecule is COc1cc(OC)c(NC2CCCCNC2=O)cc1Cl. The fraction of sp³-hybridized carbons (Fsp3) is 0.500. The van der Waals surface area contributed by atoms with Crippen LogP contribution >= 0.6 is 11.6 Å². The molecule has 0 saturated carbocycles. The Morgan fingerprint density at radius 2 is 2.00 bits per heavy atom. The molecule has 2 rings (SSSR count). The van der Waals surface area contributed by atoms with E-state index in [4.69, 9.17) is 21.1 Å². The van der Waals surface area contributed by atoms with Crippen LogP contribution in [0.25, 0.3) is 0 Å². The number of ether oxygens (including phenoxy) is 2. The monoisotopic (exact) mass is 298 g/mol. The van der Waals surface area contributed by atoms with Crippen molar-refractivity contribution in [1.82, 2.24) is 5.32 Å². The molecular formula is C14H19ClN2O3. The molecule has 1 aliphatic heterocycles. The molecule has 0 bridgehead atoms. The summed E-state index contributed by atoms with van der Waals surface area (Å²) in [5, 5.41) is 6.57. The van der Waals surface area contributed by atoms with E-state index in [0.29, 0.717) is 22.2 Å². The van der Waals surface area contributed by atoms with E-state index < -0.39 is 0 Å². The highest BCUT2D eigenvalue weighted by Gasteiger charge is 2.22. The van der Waals surface area contributed by atoms with Gasteiger partial charge in [-0.05, 0) is 25.3 Å². The number of carbonyl (C=O) groups excluding carboxylic acids is 1. The van der Waals surface area contributed by atoms with Gasteiger partial charge in [0.25, 0.3) is 0 Å². The van der Waals surface area contributed by atoms with Gasteiger partial charge in [-0.25, -0.2) is 0 Å². The maximum Gasteiger partial charge on any atom is 0.242 e. The average Bonchev–Trinajstić information content (AvgIpc) is 2.64. The molecule has 0 aromatic heterocycles. The molecule has 0 spiro atoms. The van der Waals surface area contributed by atoms with Crippen molar-refractivity contribution < 1.29 is 14.3 Å². The third kappa shape index (κ3) is 3.28. The molecule has 1 saturated heterocycles. The molecule has 0 radical (unpaired) electrons. The van der Waals surface area contributed by atoms with E-state index in [0.717, 1.165) is 25.8 Å². The number of anilines is 1. The fourth-order valence-corrected chi connectivity index (χ4v) is 2.48. The first kappa shape index (κ1) is 14.8. The van der Waals surface area contributed by atoms with E-state index in [1.807, 2.05) is 0 Å². The number of hydrogen-bond acceptors (Lipinski definition) is 4. The second kappa shape index (κ2) is 6.70. The summed E-state index contributed by atoms with van der Waals surface area (Å²) in [6.45, 7) is 0.734. The van der Waals surface area contributed by atoms with Crippen LogP contribution < -0.4 is 20.1 Å². The minimum Gasteiger partial charge on any atom is -0.495 e. The second-order valence-corrected chi connectivity index (χ2v) is 5.08. The number of benzene rings is 1. The molecule has 20 heavy (non-hydrogen) atoms. The van der Waals surface area contributed by atoms with E-state index >= 15 is 0 Å². The molecule has 1 heterocycles. The minimum absolute atomic E-state index is 0.0106. The van der Waals surface area contributed by atoms with Gasteiger partial charge in [0.15, 0.2) is 0 Å². The van der Waals surface area contributed by atoms with Crippen molar-refractivity contribution in [3.8, 4) is 11.5 Å². The predicted molar refractivity (Wildman–Crippen MR) is 78.8 cm³/mol. The smallest absolute Gasteiger partial charge is 0.242 e. The molecule has 5 nitrogen and oxygen atoms in total. The van der Waals surface area contributed by atoms with Crippen LogP contribution in [0.15, 0.2) is 12.1 Å². The predicted octanol–water partition coefficient (Wildman–Crippen LogP) is 2.44. The summed E-state index contributed by atoms with van der Waals surface area (Å²) < 4.78 is 10.5. The Balaban J connectivity index is 2.23. The average molecular weight is 299 g/mol. The van der Waals surface area contributed by atoms with Crippen LogP contribution in [0.1, 0.15) is 19.3 Å². The first-order valence-corrected chi connectivity index (χ1v) is 6.99. The lowest BCUT2D eigenvalue weighted by Gasteiger charge is -2.19. The number of hydrogen-bond donors (Lipinski definition) is 2. The van der Waals surface area contributed by atoms with Gasteiger partial charge in [0, 0.05) is 12.6 Å². The fourth-order valence-electron chi connectivity index (χ4n) is 2.24. The van der Waals surface area contributed by atoms with Crippen molar-refractivity contribution in [3.63, 3.8) is 0 Å². The van der Waals surface area contributed by atoms with Gasteiger partial charge in [-0.2, -0.15) is 0 Å². The third-order valence-corrected chi connectivity index (χ3v) is 3.63. The molecule has 1 unspecified atom stereocenters. The van der Waals surface area contributed by atoms with Gasteiger partial charge in [0.05, 0.1) is 24.9 Å². The van der Waals surface area contributed by atoms with Gasteiger partial charge >= 0.3 is 0 Å². The van der Waals surface area contributed by atoms with Crippen molar-refractivity contribution in [2.24, 2.45) is 0 Å². The molecule has 1 atom stereocenters. The maximum absolute atomic E-state index is 12.0. The van der Waals surface area contributed by atoms with Gasteiger partial charge in [0.1, 0.15) is 17.5 Å². The zero-order valence-corrected chi connectivity index (χ0v) is 12.4. The van der Waals surface area contributed by atoms with E-state index in [2.05, 4.69) is 10.6 Å². The van der Waals surface area contributed by atoms with Crippen LogP contribution in [0.2, 0.25) is 5.02 Å². The summed E-state index contributed by atoms with van der Waals surface area (Å²) in [5.74, 6) is 1.15. The van der Waals surface area contributed by atoms with E-state index in [1.54, 1.807) is 26.4 Å². The number of amides is 1. The third-order valence-electron chi connectivity index (χ3n) is 3.34. The van der Waals surface area contributed by atoms with Crippen LogP contribution in [-0.2, 0) is 4.79 Å². The molecule has 2 N–H and O–H groups in total. The molecule has 1 fully saturated rings. The summed E-state index contributed by atoms with van der Waals surface area (Å²) in [6, 6.07) is 3.16. The number of rotatable bonds is 4. The first-order valence-electron chi connectivity index (χ1n) is 6.61. The standard InChI is InChI=1S/C14H19ClN2O3/c1-19-12-8-13(20-2)11(7-9(12)15)17-10-5-3-4-6-16-14(10)18/h7-8,10,17H,3-6H2,1-2H3,(H,16,18). The summed E-state index contributed by atoms with van der Waals surface area (Å²) >= 11 is 6.12. The molecule has 1 aromatic carbocycles. The Morgan fingerprint density at radius 1 is 1.25 bits per heavy atom. The van der Waals surface area contributed by atoms with Gasteiger partial charge in [-0.1, -0.05) is 11.6 Å². The van der Waals surface area contributed by atoms with Crippen molar-refractivity contribution >= 4 is 23.2 Å². The quantitative estimate of drug-likeness (QED) is 0.896. The molecule has 0 aliphatic carbocycles. The van der Waals surface area contributed by atoms with Crippen molar-refractivity contribution in [2.45, 2.75) is 25.3 Å². The molecule has 6 heteroatoms. The van der Waals surface area contributed by atoms with Crippen molar-refractivity contribution in [1.29, 1.82) is 0 Å². The zero-order chi connectivity index (χ0) is 14.5. The van der Waals surface area contributed by atoms with Gasteiger partial charge < -0.3 is 20.1 Å². The Morgan fingerprint density at radius 3 is 2.70 bits per heavy atom. The second-order valence-electron chi connectivity index (χ2n) is 4.67. The minimum atomic E-state index is -0.268. The molecule has 1 aliphatic rings. The van der Waals surface area contributed by atoms with Gasteiger partial charge in [-0.3, -0.25) is 4.79 Å². The number of carbonyl (C=O) groups is 1. The molecule has 1 aromatic rings. The number of methoxy groups -OCH3 is 2. The first-order chi connectivity index (χ1) is 9.65. The lowest BCUT2D eigenvalue weighted by molar-refractivity contribution is -0.121. The summed E-state index contributed by atoms with van der Waals surface area (Å²) in [5.41, 5.74) is 0.695. The summed E-state index contributed by atoms with van der Waals surface area (Å²) in [7, 11) is 3.12. The number of nitrogens with one attached hydrogen (secondary N) is 2. The van der Waals surface area contributed by atoms with Crippen LogP contribution in [0, 0.1) is 0 Å². The normalized spacial score (nSPS) is 18.9. The van der Waals surface area contributed by atoms with E-state index in [1.165, 1.54) is 0 Å². The highest BCUT2D eigenvalue weighted by molar-refractivity contribution is 6.32. The Labute approximate surface area is 123 Å².